The van der Waals surface area contributed by atoms with Crippen molar-refractivity contribution in [1.82, 2.24) is 9.97 Å². The second-order valence-electron chi connectivity index (χ2n) is 4.59. The first-order valence-electron chi connectivity index (χ1n) is 6.67. The number of para-hydroxylation sites is 1. The number of benzene rings is 2. The third-order valence-electron chi connectivity index (χ3n) is 3.05. The van der Waals surface area contributed by atoms with Gasteiger partial charge in [-0.05, 0) is 24.3 Å². The summed E-state index contributed by atoms with van der Waals surface area (Å²) < 4.78 is 13.8. The summed E-state index contributed by atoms with van der Waals surface area (Å²) in [5, 5.41) is 2.72. The highest BCUT2D eigenvalue weighted by Crippen LogP contribution is 2.20. The van der Waals surface area contributed by atoms with Crippen LogP contribution in [-0.4, -0.2) is 15.9 Å². The van der Waals surface area contributed by atoms with E-state index in [9.17, 15) is 9.18 Å². The Bertz CT molecular complexity index is 806. The van der Waals surface area contributed by atoms with Gasteiger partial charge in [-0.25, -0.2) is 9.37 Å². The molecule has 0 fully saturated rings. The zero-order valence-electron chi connectivity index (χ0n) is 11.5. The Kier molecular flexibility index (Phi) is 3.87. The SMILES string of the molecule is O=C(Nc1ccccc1)c1cncc(-c2ccccc2F)n1. The monoisotopic (exact) mass is 293 g/mol. The number of hydrogen-bond donors (Lipinski definition) is 1. The highest BCUT2D eigenvalue weighted by atomic mass is 19.1. The van der Waals surface area contributed by atoms with Crippen LogP contribution in [0.5, 0.6) is 0 Å². The van der Waals surface area contributed by atoms with Crippen LogP contribution in [0.4, 0.5) is 10.1 Å². The zero-order chi connectivity index (χ0) is 15.4. The van der Waals surface area contributed by atoms with E-state index in [4.69, 9.17) is 0 Å². The molecule has 0 aliphatic rings. The summed E-state index contributed by atoms with van der Waals surface area (Å²) in [6.07, 6.45) is 2.78. The highest BCUT2D eigenvalue weighted by molar-refractivity contribution is 6.02. The number of aromatic nitrogens is 2. The predicted molar refractivity (Wildman–Crippen MR) is 81.8 cm³/mol. The van der Waals surface area contributed by atoms with Crippen molar-refractivity contribution in [2.45, 2.75) is 0 Å². The molecule has 0 bridgehead atoms. The Morgan fingerprint density at radius 3 is 2.45 bits per heavy atom. The van der Waals surface area contributed by atoms with E-state index in [0.717, 1.165) is 0 Å². The average molecular weight is 293 g/mol. The molecule has 3 aromatic rings. The van der Waals surface area contributed by atoms with Gasteiger partial charge < -0.3 is 5.32 Å². The second-order valence-corrected chi connectivity index (χ2v) is 4.59. The quantitative estimate of drug-likeness (QED) is 0.803. The number of anilines is 1. The summed E-state index contributed by atoms with van der Waals surface area (Å²) in [6.45, 7) is 0. The van der Waals surface area contributed by atoms with Crippen molar-refractivity contribution in [2.24, 2.45) is 0 Å². The number of nitrogens with zero attached hydrogens (tertiary/aromatic N) is 2. The molecule has 1 heterocycles. The summed E-state index contributed by atoms with van der Waals surface area (Å²) in [5.74, 6) is -0.797. The molecule has 0 radical (unpaired) electrons. The molecule has 1 aromatic heterocycles. The van der Waals surface area contributed by atoms with E-state index < -0.39 is 11.7 Å². The average Bonchev–Trinajstić information content (AvgIpc) is 2.56. The van der Waals surface area contributed by atoms with E-state index in [1.165, 1.54) is 18.5 Å². The van der Waals surface area contributed by atoms with Crippen LogP contribution in [-0.2, 0) is 0 Å². The number of amides is 1. The fourth-order valence-corrected chi connectivity index (χ4v) is 1.99. The molecule has 0 atom stereocenters. The minimum atomic E-state index is -0.405. The van der Waals surface area contributed by atoms with Gasteiger partial charge in [0.05, 0.1) is 18.1 Å². The third-order valence-corrected chi connectivity index (χ3v) is 3.05. The molecule has 108 valence electrons. The molecule has 0 aliphatic carbocycles. The number of carbonyl (C=O) groups is 1. The first-order valence-corrected chi connectivity index (χ1v) is 6.67. The molecular weight excluding hydrogens is 281 g/mol. The van der Waals surface area contributed by atoms with Gasteiger partial charge in [-0.1, -0.05) is 30.3 Å². The van der Waals surface area contributed by atoms with Gasteiger partial charge in [0.2, 0.25) is 0 Å². The van der Waals surface area contributed by atoms with Crippen LogP contribution in [0.3, 0.4) is 0 Å². The smallest absolute Gasteiger partial charge is 0.275 e. The Morgan fingerprint density at radius 2 is 1.68 bits per heavy atom. The van der Waals surface area contributed by atoms with Gasteiger partial charge in [-0.15, -0.1) is 0 Å². The van der Waals surface area contributed by atoms with E-state index in [2.05, 4.69) is 15.3 Å². The minimum Gasteiger partial charge on any atom is -0.321 e. The van der Waals surface area contributed by atoms with Crippen LogP contribution in [0, 0.1) is 5.82 Å². The highest BCUT2D eigenvalue weighted by Gasteiger charge is 2.12. The van der Waals surface area contributed by atoms with Crippen molar-refractivity contribution >= 4 is 11.6 Å². The van der Waals surface area contributed by atoms with E-state index in [0.29, 0.717) is 16.9 Å². The Hall–Kier alpha value is -3.08. The summed E-state index contributed by atoms with van der Waals surface area (Å²) in [4.78, 5) is 20.3. The van der Waals surface area contributed by atoms with Gasteiger partial charge >= 0.3 is 0 Å². The van der Waals surface area contributed by atoms with Gasteiger partial charge in [0.15, 0.2) is 0 Å². The molecule has 0 saturated heterocycles. The number of rotatable bonds is 3. The van der Waals surface area contributed by atoms with Crippen molar-refractivity contribution in [3.05, 3.63) is 78.5 Å². The second kappa shape index (κ2) is 6.13. The van der Waals surface area contributed by atoms with Crippen molar-refractivity contribution in [3.8, 4) is 11.3 Å². The third kappa shape index (κ3) is 2.98. The zero-order valence-corrected chi connectivity index (χ0v) is 11.5. The largest absolute Gasteiger partial charge is 0.321 e. The Morgan fingerprint density at radius 1 is 0.955 bits per heavy atom. The topological polar surface area (TPSA) is 54.9 Å². The lowest BCUT2D eigenvalue weighted by atomic mass is 10.1. The molecule has 0 unspecified atom stereocenters. The molecule has 5 heteroatoms. The van der Waals surface area contributed by atoms with Crippen molar-refractivity contribution in [1.29, 1.82) is 0 Å². The molecule has 3 rings (SSSR count). The van der Waals surface area contributed by atoms with Crippen LogP contribution in [0.2, 0.25) is 0 Å². The number of halogens is 1. The maximum Gasteiger partial charge on any atom is 0.275 e. The fourth-order valence-electron chi connectivity index (χ4n) is 1.99. The van der Waals surface area contributed by atoms with Crippen molar-refractivity contribution in [2.75, 3.05) is 5.32 Å². The maximum absolute atomic E-state index is 13.8. The Labute approximate surface area is 126 Å². The van der Waals surface area contributed by atoms with E-state index >= 15 is 0 Å². The lowest BCUT2D eigenvalue weighted by molar-refractivity contribution is 0.102. The van der Waals surface area contributed by atoms with Crippen LogP contribution < -0.4 is 5.32 Å². The summed E-state index contributed by atoms with van der Waals surface area (Å²) in [6, 6.07) is 15.3. The molecule has 1 amide bonds. The van der Waals surface area contributed by atoms with Crippen molar-refractivity contribution in [3.63, 3.8) is 0 Å². The molecule has 2 aromatic carbocycles. The first kappa shape index (κ1) is 13.9. The van der Waals surface area contributed by atoms with Crippen LogP contribution >= 0.6 is 0 Å². The minimum absolute atomic E-state index is 0.129. The normalized spacial score (nSPS) is 10.2. The first-order chi connectivity index (χ1) is 10.7. The van der Waals surface area contributed by atoms with Gasteiger partial charge in [0.25, 0.3) is 5.91 Å². The molecular formula is C17H12FN3O. The summed E-state index contributed by atoms with van der Waals surface area (Å²) in [7, 11) is 0. The van der Waals surface area contributed by atoms with E-state index in [1.54, 1.807) is 30.3 Å². The lowest BCUT2D eigenvalue weighted by Crippen LogP contribution is -2.14. The number of carbonyl (C=O) groups excluding carboxylic acids is 1. The van der Waals surface area contributed by atoms with Crippen LogP contribution in [0.15, 0.2) is 67.0 Å². The predicted octanol–water partition coefficient (Wildman–Crippen LogP) is 3.54. The summed E-state index contributed by atoms with van der Waals surface area (Å²) in [5.41, 5.74) is 1.42. The van der Waals surface area contributed by atoms with Gasteiger partial charge in [0.1, 0.15) is 11.5 Å². The molecule has 0 saturated carbocycles. The molecule has 4 nitrogen and oxygen atoms in total. The molecule has 0 spiro atoms. The van der Waals surface area contributed by atoms with E-state index in [-0.39, 0.29) is 5.69 Å². The number of hydrogen-bond acceptors (Lipinski definition) is 3. The Balaban J connectivity index is 1.88. The summed E-state index contributed by atoms with van der Waals surface area (Å²) >= 11 is 0. The fraction of sp³-hybridized carbons (Fsp3) is 0. The lowest BCUT2D eigenvalue weighted by Gasteiger charge is -2.06. The molecule has 0 aliphatic heterocycles. The molecule has 1 N–H and O–H groups in total. The molecule has 22 heavy (non-hydrogen) atoms. The maximum atomic E-state index is 13.8. The van der Waals surface area contributed by atoms with Gasteiger partial charge in [-0.2, -0.15) is 0 Å². The van der Waals surface area contributed by atoms with Crippen LogP contribution in [0.1, 0.15) is 10.5 Å². The van der Waals surface area contributed by atoms with E-state index in [1.807, 2.05) is 18.2 Å². The van der Waals surface area contributed by atoms with Crippen LogP contribution in [0.25, 0.3) is 11.3 Å². The number of nitrogens with one attached hydrogen (secondary N) is 1. The van der Waals surface area contributed by atoms with Gasteiger partial charge in [0, 0.05) is 11.3 Å². The van der Waals surface area contributed by atoms with Crippen molar-refractivity contribution < 1.29 is 9.18 Å². The van der Waals surface area contributed by atoms with Gasteiger partial charge in [-0.3, -0.25) is 9.78 Å². The standard InChI is InChI=1S/C17H12FN3O/c18-14-9-5-4-8-13(14)15-10-19-11-16(21-15)17(22)20-12-6-2-1-3-7-12/h1-11H,(H,20,22).